The van der Waals surface area contributed by atoms with Gasteiger partial charge < -0.3 is 14.2 Å². The fraction of sp³-hybridized carbons (Fsp3) is 0.500. The van der Waals surface area contributed by atoms with Crippen LogP contribution in [0.1, 0.15) is 25.7 Å². The van der Waals surface area contributed by atoms with Gasteiger partial charge in [0, 0.05) is 0 Å². The van der Waals surface area contributed by atoms with E-state index >= 15 is 0 Å². The molecule has 1 rings (SSSR count). The fourth-order valence-electron chi connectivity index (χ4n) is 2.83. The monoisotopic (exact) mass is 336 g/mol. The summed E-state index contributed by atoms with van der Waals surface area (Å²) in [5.74, 6) is -3.13. The van der Waals surface area contributed by atoms with Crippen LogP contribution in [0, 0.1) is 11.3 Å². The second-order valence-corrected chi connectivity index (χ2v) is 5.46. The summed E-state index contributed by atoms with van der Waals surface area (Å²) in [4.78, 5) is 37.7. The molecule has 1 saturated carbocycles. The Balaban J connectivity index is 3.17. The van der Waals surface area contributed by atoms with Gasteiger partial charge in [-0.05, 0) is 12.8 Å². The fourth-order valence-corrected chi connectivity index (χ4v) is 2.83. The van der Waals surface area contributed by atoms with Crippen molar-refractivity contribution >= 4 is 17.9 Å². The second-order valence-electron chi connectivity index (χ2n) is 5.46. The van der Waals surface area contributed by atoms with Crippen molar-refractivity contribution in [2.24, 2.45) is 11.3 Å². The Kier molecular flexibility index (Phi) is 7.95. The van der Waals surface area contributed by atoms with Crippen molar-refractivity contribution in [2.45, 2.75) is 25.7 Å². The molecule has 0 aromatic rings. The first kappa shape index (κ1) is 19.7. The molecule has 0 amide bonds. The molecule has 24 heavy (non-hydrogen) atoms. The Labute approximate surface area is 142 Å². The third-order valence-electron chi connectivity index (χ3n) is 3.93. The van der Waals surface area contributed by atoms with Gasteiger partial charge in [0.2, 0.25) is 0 Å². The van der Waals surface area contributed by atoms with Crippen LogP contribution < -0.4 is 0 Å². The summed E-state index contributed by atoms with van der Waals surface area (Å²) in [6, 6.07) is 0. The zero-order valence-electron chi connectivity index (χ0n) is 13.8. The molecule has 1 aliphatic rings. The smallest absolute Gasteiger partial charge is 0.324 e. The molecule has 0 aromatic heterocycles. The lowest BCUT2D eigenvalue weighted by Crippen LogP contribution is -2.52. The topological polar surface area (TPSA) is 78.9 Å². The van der Waals surface area contributed by atoms with Crippen LogP contribution >= 0.6 is 0 Å². The molecule has 1 fully saturated rings. The molecule has 0 radical (unpaired) electrons. The van der Waals surface area contributed by atoms with E-state index in [-0.39, 0.29) is 26.2 Å². The summed E-state index contributed by atoms with van der Waals surface area (Å²) in [5, 5.41) is 0. The first-order valence-corrected chi connectivity index (χ1v) is 7.88. The quantitative estimate of drug-likeness (QED) is 0.278. The zero-order valence-corrected chi connectivity index (χ0v) is 13.8. The molecule has 0 N–H and O–H groups in total. The SMILES string of the molecule is C=CCOC(=O)C1CCCCC1(C(=O)OCC=C)C(=O)OCC=C. The van der Waals surface area contributed by atoms with Crippen molar-refractivity contribution in [3.63, 3.8) is 0 Å². The van der Waals surface area contributed by atoms with Gasteiger partial charge in [0.05, 0.1) is 5.92 Å². The third-order valence-corrected chi connectivity index (χ3v) is 3.93. The number of carbonyl (C=O) groups excluding carboxylic acids is 3. The molecule has 0 aromatic carbocycles. The Bertz CT molecular complexity index is 484. The van der Waals surface area contributed by atoms with Gasteiger partial charge in [-0.2, -0.15) is 0 Å². The number of hydrogen-bond donors (Lipinski definition) is 0. The highest BCUT2D eigenvalue weighted by atomic mass is 16.6. The summed E-state index contributed by atoms with van der Waals surface area (Å²) < 4.78 is 15.3. The number of esters is 3. The predicted molar refractivity (Wildman–Crippen MR) is 87.9 cm³/mol. The third kappa shape index (κ3) is 4.34. The van der Waals surface area contributed by atoms with Gasteiger partial charge in [0.25, 0.3) is 0 Å². The van der Waals surface area contributed by atoms with Crippen LogP contribution in [0.4, 0.5) is 0 Å². The molecular formula is C18H24O6. The van der Waals surface area contributed by atoms with Crippen LogP contribution in [0.3, 0.4) is 0 Å². The number of ether oxygens (including phenoxy) is 3. The highest BCUT2D eigenvalue weighted by Crippen LogP contribution is 2.44. The van der Waals surface area contributed by atoms with Gasteiger partial charge in [0.15, 0.2) is 5.41 Å². The molecule has 0 saturated heterocycles. The molecule has 132 valence electrons. The molecule has 6 nitrogen and oxygen atoms in total. The van der Waals surface area contributed by atoms with E-state index in [0.717, 1.165) is 0 Å². The molecule has 0 aliphatic heterocycles. The van der Waals surface area contributed by atoms with Gasteiger partial charge >= 0.3 is 17.9 Å². The van der Waals surface area contributed by atoms with Crippen molar-refractivity contribution in [3.8, 4) is 0 Å². The highest BCUT2D eigenvalue weighted by molar-refractivity contribution is 6.04. The summed E-state index contributed by atoms with van der Waals surface area (Å²) in [6.45, 7) is 10.3. The molecule has 1 atom stereocenters. The van der Waals surface area contributed by atoms with E-state index in [2.05, 4.69) is 19.7 Å². The molecule has 0 bridgehead atoms. The maximum atomic E-state index is 12.6. The van der Waals surface area contributed by atoms with Crippen molar-refractivity contribution in [1.82, 2.24) is 0 Å². The molecule has 0 heterocycles. The van der Waals surface area contributed by atoms with E-state index < -0.39 is 29.2 Å². The van der Waals surface area contributed by atoms with Crippen LogP contribution in [-0.4, -0.2) is 37.7 Å². The maximum Gasteiger partial charge on any atom is 0.324 e. The minimum atomic E-state index is -1.69. The lowest BCUT2D eigenvalue weighted by molar-refractivity contribution is -0.186. The van der Waals surface area contributed by atoms with Crippen LogP contribution in [-0.2, 0) is 28.6 Å². The first-order valence-electron chi connectivity index (χ1n) is 7.88. The number of carbonyl (C=O) groups is 3. The summed E-state index contributed by atoms with van der Waals surface area (Å²) in [7, 11) is 0. The summed E-state index contributed by atoms with van der Waals surface area (Å²) in [6.07, 6.45) is 6.06. The average molecular weight is 336 g/mol. The van der Waals surface area contributed by atoms with E-state index in [1.165, 1.54) is 18.2 Å². The minimum Gasteiger partial charge on any atom is -0.461 e. The molecular weight excluding hydrogens is 312 g/mol. The van der Waals surface area contributed by atoms with Crippen LogP contribution in [0.5, 0.6) is 0 Å². The molecule has 1 aliphatic carbocycles. The highest BCUT2D eigenvalue weighted by Gasteiger charge is 2.59. The minimum absolute atomic E-state index is 0.00875. The van der Waals surface area contributed by atoms with Crippen molar-refractivity contribution in [2.75, 3.05) is 19.8 Å². The Morgan fingerprint density at radius 2 is 1.38 bits per heavy atom. The van der Waals surface area contributed by atoms with E-state index in [9.17, 15) is 14.4 Å². The van der Waals surface area contributed by atoms with Gasteiger partial charge in [-0.1, -0.05) is 50.8 Å². The molecule has 6 heteroatoms. The first-order chi connectivity index (χ1) is 11.5. The van der Waals surface area contributed by atoms with Crippen LogP contribution in [0.2, 0.25) is 0 Å². The summed E-state index contributed by atoms with van der Waals surface area (Å²) >= 11 is 0. The van der Waals surface area contributed by atoms with Gasteiger partial charge in [-0.15, -0.1) is 0 Å². The zero-order chi connectivity index (χ0) is 18.0. The lowest BCUT2D eigenvalue weighted by Gasteiger charge is -2.38. The maximum absolute atomic E-state index is 12.6. The largest absolute Gasteiger partial charge is 0.461 e. The van der Waals surface area contributed by atoms with Crippen LogP contribution in [0.15, 0.2) is 38.0 Å². The standard InChI is InChI=1S/C18H24O6/c1-4-11-22-15(19)14-9-7-8-10-18(14,16(20)23-12-5-2)17(21)24-13-6-3/h4-6,14H,1-3,7-13H2. The average Bonchev–Trinajstić information content (AvgIpc) is 2.61. The normalized spacial score (nSPS) is 18.8. The Morgan fingerprint density at radius 1 is 0.875 bits per heavy atom. The van der Waals surface area contributed by atoms with E-state index in [1.807, 2.05) is 0 Å². The Morgan fingerprint density at radius 3 is 1.88 bits per heavy atom. The van der Waals surface area contributed by atoms with Crippen molar-refractivity contribution in [1.29, 1.82) is 0 Å². The number of hydrogen-bond acceptors (Lipinski definition) is 6. The van der Waals surface area contributed by atoms with Gasteiger partial charge in [-0.25, -0.2) is 0 Å². The lowest BCUT2D eigenvalue weighted by atomic mass is 9.66. The van der Waals surface area contributed by atoms with Gasteiger partial charge in [-0.3, -0.25) is 14.4 Å². The van der Waals surface area contributed by atoms with Crippen molar-refractivity contribution < 1.29 is 28.6 Å². The summed E-state index contributed by atoms with van der Waals surface area (Å²) in [5.41, 5.74) is -1.69. The van der Waals surface area contributed by atoms with Crippen LogP contribution in [0.25, 0.3) is 0 Å². The molecule has 0 spiro atoms. The second kappa shape index (κ2) is 9.70. The van der Waals surface area contributed by atoms with Gasteiger partial charge in [0.1, 0.15) is 19.8 Å². The van der Waals surface area contributed by atoms with E-state index in [0.29, 0.717) is 19.3 Å². The Hall–Kier alpha value is -2.37. The number of rotatable bonds is 9. The van der Waals surface area contributed by atoms with E-state index in [1.54, 1.807) is 0 Å². The van der Waals surface area contributed by atoms with Crippen molar-refractivity contribution in [3.05, 3.63) is 38.0 Å². The molecule has 1 unspecified atom stereocenters. The predicted octanol–water partition coefficient (Wildman–Crippen LogP) is 2.35. The van der Waals surface area contributed by atoms with E-state index in [4.69, 9.17) is 14.2 Å².